The van der Waals surface area contributed by atoms with Crippen LogP contribution >= 0.6 is 7.82 Å². The molecule has 212 valence electrons. The first-order valence-corrected chi connectivity index (χ1v) is 14.6. The van der Waals surface area contributed by atoms with Crippen molar-refractivity contribution in [3.8, 4) is 5.75 Å². The van der Waals surface area contributed by atoms with Crippen molar-refractivity contribution in [3.05, 3.63) is 108 Å². The number of phosphoric ester groups is 1. The lowest BCUT2D eigenvalue weighted by Gasteiger charge is -2.47. The second kappa shape index (κ2) is 12.5. The van der Waals surface area contributed by atoms with Crippen LogP contribution in [0.5, 0.6) is 5.75 Å². The number of carbonyl (C=O) groups is 1. The molecular weight excluding hydrogens is 532 g/mol. The number of hydrogen-bond acceptors (Lipinski definition) is 5. The Morgan fingerprint density at radius 2 is 1.75 bits per heavy atom. The van der Waals surface area contributed by atoms with E-state index < -0.39 is 13.6 Å². The molecule has 3 atom stereocenters. The van der Waals surface area contributed by atoms with Crippen molar-refractivity contribution in [2.24, 2.45) is 0 Å². The van der Waals surface area contributed by atoms with Crippen molar-refractivity contribution in [2.45, 2.75) is 32.0 Å². The summed E-state index contributed by atoms with van der Waals surface area (Å²) in [6.07, 6.45) is 1.89. The molecule has 10 heteroatoms. The highest BCUT2D eigenvalue weighted by Crippen LogP contribution is 2.40. The Hall–Kier alpha value is -3.33. The highest BCUT2D eigenvalue weighted by molar-refractivity contribution is 7.46. The number of benzene rings is 3. The summed E-state index contributed by atoms with van der Waals surface area (Å²) in [5.41, 5.74) is 2.48. The number of hydrogen-bond donors (Lipinski definition) is 2. The van der Waals surface area contributed by atoms with E-state index in [1.807, 2.05) is 30.3 Å². The number of rotatable bonds is 9. The minimum Gasteiger partial charge on any atom is -0.404 e. The third kappa shape index (κ3) is 7.05. The van der Waals surface area contributed by atoms with Crippen LogP contribution in [-0.4, -0.2) is 64.3 Å². The lowest BCUT2D eigenvalue weighted by atomic mass is 9.92. The molecule has 3 unspecified atom stereocenters. The predicted molar refractivity (Wildman–Crippen MR) is 154 cm³/mol. The summed E-state index contributed by atoms with van der Waals surface area (Å²) in [7, 11) is -3.15. The van der Waals surface area contributed by atoms with Crippen molar-refractivity contribution in [3.63, 3.8) is 0 Å². The SMILES string of the molecule is C=CCN1CC(C)N(C(c2cccc(OP(=O)(O)O)c2)c2cccc(C(=O)N(C)c3cccc(F)c3)c2)CC1C. The summed E-state index contributed by atoms with van der Waals surface area (Å²) in [5.74, 6) is -0.663. The fraction of sp³-hybridized carbons (Fsp3) is 0.300. The topological polar surface area (TPSA) is 93.5 Å². The molecule has 0 bridgehead atoms. The molecule has 1 fully saturated rings. The predicted octanol–water partition coefficient (Wildman–Crippen LogP) is 5.24. The number of halogens is 1. The van der Waals surface area contributed by atoms with Crippen LogP contribution in [0.1, 0.15) is 41.4 Å². The highest BCUT2D eigenvalue weighted by atomic mass is 31.2. The van der Waals surface area contributed by atoms with Gasteiger partial charge in [-0.05, 0) is 67.4 Å². The van der Waals surface area contributed by atoms with E-state index in [2.05, 4.69) is 30.2 Å². The molecule has 3 aromatic rings. The molecule has 1 saturated heterocycles. The van der Waals surface area contributed by atoms with Gasteiger partial charge in [0.2, 0.25) is 0 Å². The van der Waals surface area contributed by atoms with Crippen molar-refractivity contribution >= 4 is 19.4 Å². The Morgan fingerprint density at radius 1 is 1.07 bits per heavy atom. The standard InChI is InChI=1S/C30H35FN3O5P/c1-5-15-33-19-22(3)34(20-21(33)2)29(24-10-7-14-28(17-24)39-40(36,37)38)23-9-6-11-25(16-23)30(35)32(4)27-13-8-12-26(31)18-27/h5-14,16-18,21-22,29H,1,15,19-20H2,2-4H3,(H2,36,37,38). The zero-order valence-corrected chi connectivity index (χ0v) is 23.7. The molecule has 1 amide bonds. The van der Waals surface area contributed by atoms with E-state index in [0.29, 0.717) is 17.8 Å². The maximum atomic E-state index is 13.8. The minimum atomic E-state index is -4.75. The van der Waals surface area contributed by atoms with Crippen molar-refractivity contribution < 1.29 is 28.1 Å². The van der Waals surface area contributed by atoms with Crippen LogP contribution in [0.4, 0.5) is 10.1 Å². The maximum absolute atomic E-state index is 13.8. The average molecular weight is 568 g/mol. The normalized spacial score (nSPS) is 19.1. The monoisotopic (exact) mass is 567 g/mol. The molecule has 1 aliphatic rings. The molecule has 40 heavy (non-hydrogen) atoms. The van der Waals surface area contributed by atoms with Crippen LogP contribution < -0.4 is 9.42 Å². The summed E-state index contributed by atoms with van der Waals surface area (Å²) in [5, 5.41) is 0. The molecule has 0 radical (unpaired) electrons. The van der Waals surface area contributed by atoms with E-state index in [1.165, 1.54) is 23.1 Å². The Bertz CT molecular complexity index is 1410. The number of anilines is 1. The average Bonchev–Trinajstić information content (AvgIpc) is 2.90. The van der Waals surface area contributed by atoms with Crippen LogP contribution in [0.25, 0.3) is 0 Å². The molecule has 3 aromatic carbocycles. The van der Waals surface area contributed by atoms with Gasteiger partial charge < -0.3 is 9.42 Å². The largest absolute Gasteiger partial charge is 0.524 e. The van der Waals surface area contributed by atoms with Crippen LogP contribution in [0.3, 0.4) is 0 Å². The van der Waals surface area contributed by atoms with E-state index in [4.69, 9.17) is 4.52 Å². The molecule has 0 aliphatic carbocycles. The molecule has 8 nitrogen and oxygen atoms in total. The molecule has 0 saturated carbocycles. The van der Waals surface area contributed by atoms with Gasteiger partial charge in [-0.2, -0.15) is 0 Å². The molecule has 0 aromatic heterocycles. The number of piperazine rings is 1. The van der Waals surface area contributed by atoms with Crippen molar-refractivity contribution in [1.82, 2.24) is 9.80 Å². The maximum Gasteiger partial charge on any atom is 0.524 e. The first kappa shape index (κ1) is 29.6. The fourth-order valence-corrected chi connectivity index (χ4v) is 5.68. The molecule has 2 N–H and O–H groups in total. The van der Waals surface area contributed by atoms with Crippen LogP contribution in [0, 0.1) is 5.82 Å². The van der Waals surface area contributed by atoms with Crippen molar-refractivity contribution in [2.75, 3.05) is 31.6 Å². The summed E-state index contributed by atoms with van der Waals surface area (Å²) < 4.78 is 30.3. The van der Waals surface area contributed by atoms with Gasteiger partial charge in [0.05, 0.1) is 6.04 Å². The Morgan fingerprint density at radius 3 is 2.42 bits per heavy atom. The highest BCUT2D eigenvalue weighted by Gasteiger charge is 2.35. The smallest absolute Gasteiger partial charge is 0.404 e. The summed E-state index contributed by atoms with van der Waals surface area (Å²) >= 11 is 0. The first-order valence-electron chi connectivity index (χ1n) is 13.1. The van der Waals surface area contributed by atoms with E-state index in [9.17, 15) is 23.5 Å². The number of carbonyl (C=O) groups excluding carboxylic acids is 1. The second-order valence-electron chi connectivity index (χ2n) is 10.2. The third-order valence-electron chi connectivity index (χ3n) is 7.21. The van der Waals surface area contributed by atoms with E-state index in [1.54, 1.807) is 37.4 Å². The van der Waals surface area contributed by atoms with Crippen LogP contribution in [-0.2, 0) is 4.57 Å². The van der Waals surface area contributed by atoms with E-state index in [0.717, 1.165) is 24.2 Å². The van der Waals surface area contributed by atoms with Gasteiger partial charge in [-0.25, -0.2) is 8.96 Å². The molecule has 1 aliphatic heterocycles. The summed E-state index contributed by atoms with van der Waals surface area (Å²) in [6.45, 7) is 10.4. The molecule has 1 heterocycles. The summed E-state index contributed by atoms with van der Waals surface area (Å²) in [6, 6.07) is 19.9. The number of amides is 1. The Labute approximate surface area is 234 Å². The van der Waals surface area contributed by atoms with Gasteiger partial charge >= 0.3 is 7.82 Å². The lowest BCUT2D eigenvalue weighted by Crippen LogP contribution is -2.57. The van der Waals surface area contributed by atoms with Gasteiger partial charge in [0, 0.05) is 50.0 Å². The minimum absolute atomic E-state index is 0.0555. The number of nitrogens with zero attached hydrogens (tertiary/aromatic N) is 3. The van der Waals surface area contributed by atoms with Gasteiger partial charge in [0.25, 0.3) is 5.91 Å². The fourth-order valence-electron chi connectivity index (χ4n) is 5.30. The van der Waals surface area contributed by atoms with Gasteiger partial charge in [0.15, 0.2) is 0 Å². The van der Waals surface area contributed by atoms with Crippen LogP contribution in [0.15, 0.2) is 85.5 Å². The quantitative estimate of drug-likeness (QED) is 0.270. The Balaban J connectivity index is 1.75. The van der Waals surface area contributed by atoms with E-state index >= 15 is 0 Å². The van der Waals surface area contributed by atoms with Gasteiger partial charge in [-0.15, -0.1) is 6.58 Å². The lowest BCUT2D eigenvalue weighted by molar-refractivity contribution is 0.0306. The van der Waals surface area contributed by atoms with Gasteiger partial charge in [-0.3, -0.25) is 24.4 Å². The van der Waals surface area contributed by atoms with E-state index in [-0.39, 0.29) is 29.8 Å². The molecule has 4 rings (SSSR count). The third-order valence-corrected chi connectivity index (χ3v) is 7.65. The van der Waals surface area contributed by atoms with Gasteiger partial charge in [-0.1, -0.05) is 36.4 Å². The molecular formula is C30H35FN3O5P. The zero-order chi connectivity index (χ0) is 29.0. The molecule has 0 spiro atoms. The second-order valence-corrected chi connectivity index (χ2v) is 11.3. The zero-order valence-electron chi connectivity index (χ0n) is 22.9. The van der Waals surface area contributed by atoms with Crippen molar-refractivity contribution in [1.29, 1.82) is 0 Å². The Kier molecular flexibility index (Phi) is 9.23. The van der Waals surface area contributed by atoms with Crippen LogP contribution in [0.2, 0.25) is 0 Å². The number of phosphoric acid groups is 1. The first-order chi connectivity index (χ1) is 19.0. The summed E-state index contributed by atoms with van der Waals surface area (Å²) in [4.78, 5) is 38.3. The van der Waals surface area contributed by atoms with Gasteiger partial charge in [0.1, 0.15) is 11.6 Å².